The second-order valence-electron chi connectivity index (χ2n) is 10.0. The second kappa shape index (κ2) is 11.0. The van der Waals surface area contributed by atoms with Gasteiger partial charge in [-0.05, 0) is 47.2 Å². The molecule has 0 saturated heterocycles. The van der Waals surface area contributed by atoms with E-state index in [0.29, 0.717) is 40.3 Å². The fraction of sp³-hybridized carbons (Fsp3) is 0.281. The molecule has 0 bridgehead atoms. The molecular weight excluding hydrogens is 513 g/mol. The molecule has 1 aliphatic rings. The second-order valence-corrected chi connectivity index (χ2v) is 10.0. The van der Waals surface area contributed by atoms with Crippen LogP contribution in [0, 0.1) is 23.1 Å². The van der Waals surface area contributed by atoms with Gasteiger partial charge in [-0.3, -0.25) is 14.6 Å². The number of hydrogen-bond acceptors (Lipinski definition) is 7. The third-order valence-electron chi connectivity index (χ3n) is 7.87. The van der Waals surface area contributed by atoms with Gasteiger partial charge < -0.3 is 18.9 Å². The summed E-state index contributed by atoms with van der Waals surface area (Å²) in [5.41, 5.74) is 0.881. The number of ether oxygens (including phenoxy) is 4. The summed E-state index contributed by atoms with van der Waals surface area (Å²) in [5, 5.41) is 0.613. The van der Waals surface area contributed by atoms with Crippen molar-refractivity contribution in [2.24, 2.45) is 17.3 Å². The molecule has 4 aromatic rings. The maximum atomic E-state index is 15.2. The molecule has 1 saturated carbocycles. The fourth-order valence-corrected chi connectivity index (χ4v) is 5.35. The van der Waals surface area contributed by atoms with E-state index in [1.807, 2.05) is 44.2 Å². The summed E-state index contributed by atoms with van der Waals surface area (Å²) in [5.74, 6) is -0.312. The third-order valence-corrected chi connectivity index (χ3v) is 7.87. The van der Waals surface area contributed by atoms with Gasteiger partial charge in [-0.2, -0.15) is 0 Å². The summed E-state index contributed by atoms with van der Waals surface area (Å²) in [6.45, 7) is 4.06. The monoisotopic (exact) mass is 543 g/mol. The highest BCUT2D eigenvalue weighted by Gasteiger charge is 2.69. The molecule has 1 fully saturated rings. The fourth-order valence-electron chi connectivity index (χ4n) is 5.35. The predicted molar refractivity (Wildman–Crippen MR) is 147 cm³/mol. The molecule has 206 valence electrons. The van der Waals surface area contributed by atoms with E-state index in [0.717, 1.165) is 5.56 Å². The standard InChI is InChI=1S/C32H30FNO6/c1-19-20(2)32(19,31(36)38-4)30(35)15-22-10-11-27(24(33)14-22)40-26-12-13-34-25-17-29(28(37-3)16-23(25)26)39-18-21-8-6-5-7-9-21/h5-14,16-17,19-20H,15,18H2,1-4H3/t19-,20-/m1/s1. The number of ketones is 1. The molecule has 0 spiro atoms. The van der Waals surface area contributed by atoms with Crippen molar-refractivity contribution in [2.45, 2.75) is 26.9 Å². The first kappa shape index (κ1) is 27.1. The van der Waals surface area contributed by atoms with Crippen molar-refractivity contribution in [3.63, 3.8) is 0 Å². The highest BCUT2D eigenvalue weighted by Crippen LogP contribution is 2.60. The number of Topliss-reactive ketones (excluding diaryl/α,β-unsaturated/α-hetero) is 1. The predicted octanol–water partition coefficient (Wildman–Crippen LogP) is 6.31. The van der Waals surface area contributed by atoms with Crippen LogP contribution in [-0.2, 0) is 27.4 Å². The average Bonchev–Trinajstić information content (AvgIpc) is 3.53. The van der Waals surface area contributed by atoms with Gasteiger partial charge in [0.05, 0.1) is 19.7 Å². The lowest BCUT2D eigenvalue weighted by atomic mass is 9.91. The number of hydrogen-bond donors (Lipinski definition) is 0. The normalized spacial score (nSPS) is 19.6. The Morgan fingerprint density at radius 3 is 2.27 bits per heavy atom. The van der Waals surface area contributed by atoms with Crippen molar-refractivity contribution in [1.82, 2.24) is 4.98 Å². The Morgan fingerprint density at radius 1 is 0.875 bits per heavy atom. The summed E-state index contributed by atoms with van der Waals surface area (Å²) < 4.78 is 37.5. The van der Waals surface area contributed by atoms with Crippen molar-refractivity contribution in [3.8, 4) is 23.0 Å². The molecule has 3 aromatic carbocycles. The van der Waals surface area contributed by atoms with Crippen LogP contribution in [0.4, 0.5) is 4.39 Å². The van der Waals surface area contributed by atoms with Gasteiger partial charge in [0.1, 0.15) is 17.8 Å². The van der Waals surface area contributed by atoms with E-state index in [9.17, 15) is 9.59 Å². The minimum absolute atomic E-state index is 0.0112. The van der Waals surface area contributed by atoms with Gasteiger partial charge in [0.2, 0.25) is 0 Å². The van der Waals surface area contributed by atoms with Crippen LogP contribution in [-0.4, -0.2) is 31.0 Å². The lowest BCUT2D eigenvalue weighted by molar-refractivity contribution is -0.152. The molecule has 7 nitrogen and oxygen atoms in total. The number of carbonyl (C=O) groups is 2. The molecule has 8 heteroatoms. The van der Waals surface area contributed by atoms with E-state index in [1.54, 1.807) is 37.6 Å². The van der Waals surface area contributed by atoms with Gasteiger partial charge in [-0.15, -0.1) is 0 Å². The van der Waals surface area contributed by atoms with E-state index in [1.165, 1.54) is 19.2 Å². The highest BCUT2D eigenvalue weighted by atomic mass is 19.1. The van der Waals surface area contributed by atoms with E-state index in [2.05, 4.69) is 4.98 Å². The molecule has 0 radical (unpaired) electrons. The van der Waals surface area contributed by atoms with Gasteiger partial charge in [0.25, 0.3) is 0 Å². The zero-order chi connectivity index (χ0) is 28.4. The van der Waals surface area contributed by atoms with E-state index in [4.69, 9.17) is 18.9 Å². The third kappa shape index (κ3) is 4.85. The number of nitrogens with zero attached hydrogens (tertiary/aromatic N) is 1. The molecule has 1 heterocycles. The zero-order valence-corrected chi connectivity index (χ0v) is 22.8. The zero-order valence-electron chi connectivity index (χ0n) is 22.8. The minimum atomic E-state index is -1.17. The number of aromatic nitrogens is 1. The molecule has 0 N–H and O–H groups in total. The Balaban J connectivity index is 1.36. The number of carbonyl (C=O) groups excluding carboxylic acids is 2. The SMILES string of the molecule is COC(=O)C1(C(=O)Cc2ccc(Oc3ccnc4cc(OCc5ccccc5)c(OC)cc34)c(F)c2)[C@H](C)[C@H]1C. The maximum absolute atomic E-state index is 15.2. The molecular formula is C32H30FNO6. The van der Waals surface area contributed by atoms with Gasteiger partial charge >= 0.3 is 5.97 Å². The topological polar surface area (TPSA) is 84.0 Å². The van der Waals surface area contributed by atoms with Gasteiger partial charge in [0, 0.05) is 24.1 Å². The van der Waals surface area contributed by atoms with Crippen LogP contribution in [0.15, 0.2) is 72.9 Å². The van der Waals surface area contributed by atoms with Gasteiger partial charge in [-0.25, -0.2) is 4.39 Å². The number of esters is 1. The Hall–Kier alpha value is -4.46. The highest BCUT2D eigenvalue weighted by molar-refractivity contribution is 6.08. The maximum Gasteiger partial charge on any atom is 0.319 e. The summed E-state index contributed by atoms with van der Waals surface area (Å²) in [7, 11) is 2.82. The van der Waals surface area contributed by atoms with E-state index >= 15 is 4.39 Å². The van der Waals surface area contributed by atoms with Crippen molar-refractivity contribution >= 4 is 22.7 Å². The molecule has 1 aromatic heterocycles. The molecule has 0 unspecified atom stereocenters. The molecule has 0 aliphatic heterocycles. The first-order valence-corrected chi connectivity index (χ1v) is 13.0. The lowest BCUT2D eigenvalue weighted by Gasteiger charge is -2.15. The first-order chi connectivity index (χ1) is 19.3. The summed E-state index contributed by atoms with van der Waals surface area (Å²) in [6.07, 6.45) is 1.49. The van der Waals surface area contributed by atoms with Crippen LogP contribution in [0.3, 0.4) is 0 Å². The number of halogens is 1. The van der Waals surface area contributed by atoms with Crippen molar-refractivity contribution in [2.75, 3.05) is 14.2 Å². The van der Waals surface area contributed by atoms with E-state index < -0.39 is 17.2 Å². The Bertz CT molecular complexity index is 1560. The summed E-state index contributed by atoms with van der Waals surface area (Å²) in [6, 6.07) is 19.3. The molecule has 5 rings (SSSR count). The van der Waals surface area contributed by atoms with Crippen LogP contribution >= 0.6 is 0 Å². The number of fused-ring (bicyclic) bond motifs is 1. The summed E-state index contributed by atoms with van der Waals surface area (Å²) in [4.78, 5) is 29.9. The van der Waals surface area contributed by atoms with Gasteiger partial charge in [0.15, 0.2) is 28.8 Å². The van der Waals surface area contributed by atoms with Crippen LogP contribution in [0.1, 0.15) is 25.0 Å². The molecule has 1 aliphatic carbocycles. The van der Waals surface area contributed by atoms with Crippen LogP contribution < -0.4 is 14.2 Å². The van der Waals surface area contributed by atoms with Crippen molar-refractivity contribution in [1.29, 1.82) is 0 Å². The largest absolute Gasteiger partial charge is 0.493 e. The first-order valence-electron chi connectivity index (χ1n) is 13.0. The van der Waals surface area contributed by atoms with Gasteiger partial charge in [-0.1, -0.05) is 50.2 Å². The number of rotatable bonds is 10. The Labute approximate surface area is 231 Å². The lowest BCUT2D eigenvalue weighted by Crippen LogP contribution is -2.31. The van der Waals surface area contributed by atoms with E-state index in [-0.39, 0.29) is 29.8 Å². The number of benzene rings is 3. The van der Waals surface area contributed by atoms with Crippen LogP contribution in [0.5, 0.6) is 23.0 Å². The number of methoxy groups -OCH3 is 2. The number of pyridine rings is 1. The Morgan fingerprint density at radius 2 is 1.62 bits per heavy atom. The molecule has 0 amide bonds. The van der Waals surface area contributed by atoms with Crippen molar-refractivity contribution in [3.05, 3.63) is 89.9 Å². The average molecular weight is 544 g/mol. The Kier molecular flexibility index (Phi) is 7.43. The summed E-state index contributed by atoms with van der Waals surface area (Å²) >= 11 is 0. The molecule has 40 heavy (non-hydrogen) atoms. The van der Waals surface area contributed by atoms with Crippen LogP contribution in [0.25, 0.3) is 10.9 Å². The minimum Gasteiger partial charge on any atom is -0.493 e. The van der Waals surface area contributed by atoms with Crippen molar-refractivity contribution < 1.29 is 32.9 Å². The molecule has 2 atom stereocenters. The quantitative estimate of drug-likeness (QED) is 0.171. The smallest absolute Gasteiger partial charge is 0.319 e. The van der Waals surface area contributed by atoms with Crippen LogP contribution in [0.2, 0.25) is 0 Å².